The Morgan fingerprint density at radius 1 is 0.896 bits per heavy atom. The summed E-state index contributed by atoms with van der Waals surface area (Å²) in [6.07, 6.45) is 2.18. The third kappa shape index (κ3) is 17.3. The minimum absolute atomic E-state index is 0.0233. The van der Waals surface area contributed by atoms with E-state index >= 15 is 0 Å². The van der Waals surface area contributed by atoms with Crippen LogP contribution in [0.4, 0.5) is 0 Å². The Labute approximate surface area is 564 Å². The monoisotopic (exact) mass is 1370 g/mol. The molecule has 538 valence electrons. The molecule has 28 nitrogen and oxygen atoms in total. The van der Waals surface area contributed by atoms with Crippen molar-refractivity contribution in [2.45, 2.75) is 305 Å². The van der Waals surface area contributed by atoms with E-state index < -0.39 is 148 Å². The van der Waals surface area contributed by atoms with Gasteiger partial charge in [0.15, 0.2) is 56.5 Å². The molecule has 1 unspecified atom stereocenters. The number of imidazole rings is 1. The second kappa shape index (κ2) is 30.8. The van der Waals surface area contributed by atoms with Crippen molar-refractivity contribution in [1.82, 2.24) is 44.7 Å². The van der Waals surface area contributed by atoms with E-state index in [1.807, 2.05) is 72.0 Å². The number of ether oxygens (including phenoxy) is 13. The molecule has 0 amide bonds. The van der Waals surface area contributed by atoms with Gasteiger partial charge in [0, 0.05) is 45.0 Å². The minimum atomic E-state index is -2.52. The predicted octanol–water partition coefficient (Wildman–Crippen LogP) is 5.89. The van der Waals surface area contributed by atoms with Crippen molar-refractivity contribution in [3.05, 3.63) is 59.2 Å². The summed E-state index contributed by atoms with van der Waals surface area (Å²) >= 11 is 0. The normalized spacial score (nSPS) is 39.5. The number of likely N-dealkylation sites (N-methyl/N-ethyl adjacent to an activating group) is 2. The zero-order valence-corrected chi connectivity index (χ0v) is 60.1. The summed E-state index contributed by atoms with van der Waals surface area (Å²) in [5, 5.41) is 36.7. The fraction of sp³-hybridized carbons (Fsp3) is 0.806. The lowest BCUT2D eigenvalue weighted by atomic mass is 9.82. The summed E-state index contributed by atoms with van der Waals surface area (Å²) < 4.78 is 95.7. The van der Waals surface area contributed by atoms with Crippen LogP contribution in [0.25, 0.3) is 11.2 Å². The van der Waals surface area contributed by atoms with Crippen LogP contribution >= 0.6 is 0 Å². The van der Waals surface area contributed by atoms with E-state index in [4.69, 9.17) is 66.0 Å². The SMILES string of the molecule is CN[C@H]1CC[C@H](O[C@H]2/C=C/C=C\C[C@@H](C)OC(=O)C[C@H]3OC(O[Si](C)(C)C(C)(C)C)C[C@@H](C[C@H]2C)[C@H](O[C@@H]2O[C@H](C)[C@@H](O[C@H]4C[C@@](C)(O)[C@@H](OC(=O)CCCc5cn(C[C@@H]6O[C@@H](n7cnc8c(=O)[nH]cnc87)[C@@H]7OC(C)(C)O[C@@H]76)nn5)[C@H](C)O4)[C@H](N(C)C)[C@H]2O)[C@H]3OC)O[C@@H]1C. The number of cyclic esters (lactones) is 1. The number of aliphatic hydroxyl groups is 2. The van der Waals surface area contributed by atoms with Gasteiger partial charge in [0.25, 0.3) is 5.56 Å². The van der Waals surface area contributed by atoms with Gasteiger partial charge >= 0.3 is 11.9 Å². The van der Waals surface area contributed by atoms with Gasteiger partial charge in [-0.3, -0.25) is 19.0 Å². The number of fused-ring (bicyclic) bond motifs is 5. The number of hydrogen-bond donors (Lipinski definition) is 4. The number of aromatic nitrogens is 7. The number of carbonyl (C=O) groups excluding carboxylic acids is 2. The highest BCUT2D eigenvalue weighted by Gasteiger charge is 2.58. The molecule has 0 aromatic carbocycles. The van der Waals surface area contributed by atoms with Crippen LogP contribution in [0.5, 0.6) is 0 Å². The molecule has 29 heteroatoms. The molecule has 6 fully saturated rings. The number of nitrogens with zero attached hydrogens (tertiary/aromatic N) is 7. The molecule has 0 saturated carbocycles. The van der Waals surface area contributed by atoms with Gasteiger partial charge in [-0.1, -0.05) is 57.2 Å². The Morgan fingerprint density at radius 3 is 2.35 bits per heavy atom. The number of rotatable bonds is 19. The molecular weight excluding hydrogens is 1260 g/mol. The summed E-state index contributed by atoms with van der Waals surface area (Å²) in [5.74, 6) is -2.41. The van der Waals surface area contributed by atoms with Gasteiger partial charge < -0.3 is 91.4 Å². The number of nitrogens with one attached hydrogen (secondary N) is 2. The Bertz CT molecular complexity index is 3190. The lowest BCUT2D eigenvalue weighted by molar-refractivity contribution is -0.343. The number of H-pyrrole nitrogens is 1. The summed E-state index contributed by atoms with van der Waals surface area (Å²) in [6.45, 7) is 26.0. The van der Waals surface area contributed by atoms with Crippen LogP contribution in [0.15, 0.2) is 48.0 Å². The average molecular weight is 1370 g/mol. The molecule has 3 aromatic rings. The highest BCUT2D eigenvalue weighted by Crippen LogP contribution is 2.46. The van der Waals surface area contributed by atoms with E-state index in [9.17, 15) is 24.6 Å². The largest absolute Gasteiger partial charge is 0.462 e. The van der Waals surface area contributed by atoms with Crippen LogP contribution in [0.1, 0.15) is 146 Å². The quantitative estimate of drug-likeness (QED) is 0.0803. The number of allylic oxidation sites excluding steroid dienone is 2. The molecule has 0 spiro atoms. The number of aryl methyl sites for hydroxylation is 1. The molecule has 7 aliphatic rings. The van der Waals surface area contributed by atoms with Crippen molar-refractivity contribution in [2.24, 2.45) is 11.8 Å². The smallest absolute Gasteiger partial charge is 0.308 e. The van der Waals surface area contributed by atoms with Crippen molar-refractivity contribution in [1.29, 1.82) is 0 Å². The lowest BCUT2D eigenvalue weighted by Gasteiger charge is -2.50. The number of hydrogen-bond acceptors (Lipinski definition) is 25. The summed E-state index contributed by atoms with van der Waals surface area (Å²) in [4.78, 5) is 53.1. The third-order valence-electron chi connectivity index (χ3n) is 20.5. The second-order valence-corrected chi connectivity index (χ2v) is 34.6. The maximum Gasteiger partial charge on any atom is 0.308 e. The average Bonchev–Trinajstić information content (AvgIpc) is 1.61. The fourth-order valence-corrected chi connectivity index (χ4v) is 15.7. The van der Waals surface area contributed by atoms with Crippen LogP contribution in [0, 0.1) is 11.8 Å². The van der Waals surface area contributed by atoms with E-state index in [1.54, 1.807) is 36.4 Å². The number of esters is 2. The topological polar surface area (TPSA) is 313 Å². The molecule has 2 bridgehead atoms. The van der Waals surface area contributed by atoms with Gasteiger partial charge in [0.1, 0.15) is 54.6 Å². The van der Waals surface area contributed by atoms with Gasteiger partial charge in [-0.25, -0.2) is 14.6 Å². The van der Waals surface area contributed by atoms with Crippen molar-refractivity contribution in [3.63, 3.8) is 0 Å². The Kier molecular flexibility index (Phi) is 23.8. The first kappa shape index (κ1) is 74.2. The Morgan fingerprint density at radius 2 is 1.65 bits per heavy atom. The zero-order chi connectivity index (χ0) is 69.3. The maximum absolute atomic E-state index is 14.0. The zero-order valence-electron chi connectivity index (χ0n) is 59.1. The van der Waals surface area contributed by atoms with Gasteiger partial charge in [-0.15, -0.1) is 5.10 Å². The maximum atomic E-state index is 14.0. The predicted molar refractivity (Wildman–Crippen MR) is 350 cm³/mol. The van der Waals surface area contributed by atoms with Crippen molar-refractivity contribution < 1.29 is 85.8 Å². The van der Waals surface area contributed by atoms with E-state index in [0.717, 1.165) is 6.42 Å². The number of aromatic amines is 1. The number of carbonyl (C=O) groups is 2. The van der Waals surface area contributed by atoms with E-state index in [1.165, 1.54) is 12.7 Å². The first-order valence-corrected chi connectivity index (χ1v) is 37.3. The van der Waals surface area contributed by atoms with Crippen LogP contribution in [-0.2, 0) is 88.6 Å². The lowest BCUT2D eigenvalue weighted by Crippen LogP contribution is -2.65. The van der Waals surface area contributed by atoms with E-state index in [-0.39, 0.29) is 65.9 Å². The molecule has 96 heavy (non-hydrogen) atoms. The van der Waals surface area contributed by atoms with Gasteiger partial charge in [-0.2, -0.15) is 0 Å². The molecule has 0 aliphatic carbocycles. The highest BCUT2D eigenvalue weighted by molar-refractivity contribution is 6.74. The summed E-state index contributed by atoms with van der Waals surface area (Å²) in [7, 11) is 4.68. The molecule has 7 aliphatic heterocycles. The number of aliphatic hydroxyl groups excluding tert-OH is 1. The van der Waals surface area contributed by atoms with Crippen LogP contribution in [0.3, 0.4) is 0 Å². The highest BCUT2D eigenvalue weighted by atomic mass is 28.4. The van der Waals surface area contributed by atoms with Crippen LogP contribution < -0.4 is 10.9 Å². The number of methoxy groups -OCH3 is 1. The fourth-order valence-electron chi connectivity index (χ4n) is 14.5. The standard InChI is InChI=1S/C67H107N9O19Si/c1-36-28-41-29-50(95-96(16,17)65(6,7)8)88-45(30-48(78)83-37(2)22-19-18-20-24-44(36)87-49-27-26-43(68-12)38(3)84-49)57(82-15)56(41)92-64-54(79)53(74(13)14)55(39(4)86-64)91-51-31-67(11,81)60(40(5)85-51)90-47(77)25-21-23-42-32-75(73-72-42)33-46-58-59(94-66(9,10)93-58)63(89-46)76-35-71-52-61(76)69-34-70-62(52)80/h18-20,24,32,34-41,43-46,49-51,53-60,63-64,68,79,81H,21-23,25-31,33H2,1-17H3,(H,69,70,80)/b19-18-,24-20+/t36-,37-,38-,39-,40+,41-,43+,44+,45-,46+,49+,50?,51+,53-,54-,55-,56+,57+,58-,59-,60+,63-,64+,67-/m1/s1. The van der Waals surface area contributed by atoms with Crippen LogP contribution in [-0.4, -0.2) is 232 Å². The van der Waals surface area contributed by atoms with Crippen molar-refractivity contribution >= 4 is 31.4 Å². The van der Waals surface area contributed by atoms with Gasteiger partial charge in [0.05, 0.1) is 74.0 Å². The van der Waals surface area contributed by atoms with Crippen LogP contribution in [0.2, 0.25) is 18.1 Å². The Balaban J connectivity index is 0.793. The van der Waals surface area contributed by atoms with E-state index in [0.29, 0.717) is 49.9 Å². The second-order valence-electron chi connectivity index (χ2n) is 29.9. The van der Waals surface area contributed by atoms with Crippen molar-refractivity contribution in [3.8, 4) is 0 Å². The summed E-state index contributed by atoms with van der Waals surface area (Å²) in [6, 6.07) is -0.538. The van der Waals surface area contributed by atoms with E-state index in [2.05, 4.69) is 84.4 Å². The molecule has 10 rings (SSSR count). The summed E-state index contributed by atoms with van der Waals surface area (Å²) in [5.41, 5.74) is -0.785. The Hall–Kier alpha value is -4.51. The first-order chi connectivity index (χ1) is 45.3. The first-order valence-electron chi connectivity index (χ1n) is 34.4. The molecule has 10 heterocycles. The molecular formula is C67H107N9O19Si. The molecule has 4 N–H and O–H groups in total. The minimum Gasteiger partial charge on any atom is -0.462 e. The van der Waals surface area contributed by atoms with Gasteiger partial charge in [-0.05, 0) is 132 Å². The third-order valence-corrected chi connectivity index (χ3v) is 25.0. The molecule has 24 atom stereocenters. The molecule has 6 saturated heterocycles. The molecule has 3 aromatic heterocycles. The van der Waals surface area contributed by atoms with Gasteiger partial charge in [0.2, 0.25) is 0 Å². The van der Waals surface area contributed by atoms with Crippen molar-refractivity contribution in [2.75, 3.05) is 28.3 Å². The molecule has 0 radical (unpaired) electrons.